The van der Waals surface area contributed by atoms with Crippen molar-refractivity contribution in [3.05, 3.63) is 41.8 Å². The molecule has 0 unspecified atom stereocenters. The highest BCUT2D eigenvalue weighted by molar-refractivity contribution is 6.32. The molecule has 28 heavy (non-hydrogen) atoms. The maximum atomic E-state index is 12.5. The molecule has 2 aromatic heterocycles. The Bertz CT molecular complexity index is 790. The van der Waals surface area contributed by atoms with Gasteiger partial charge in [0.25, 0.3) is 0 Å². The molecule has 0 saturated carbocycles. The number of rotatable bonds is 5. The maximum absolute atomic E-state index is 12.5. The molecule has 0 aromatic carbocycles. The molecule has 2 saturated heterocycles. The average molecular weight is 404 g/mol. The predicted molar refractivity (Wildman–Crippen MR) is 107 cm³/mol. The summed E-state index contributed by atoms with van der Waals surface area (Å²) in [5, 5.41) is 4.85. The molecule has 150 valence electrons. The van der Waals surface area contributed by atoms with Gasteiger partial charge >= 0.3 is 0 Å². The summed E-state index contributed by atoms with van der Waals surface area (Å²) in [6.07, 6.45) is 8.52. The number of ether oxygens (including phenoxy) is 1. The van der Waals surface area contributed by atoms with E-state index < -0.39 is 0 Å². The molecular weight excluding hydrogens is 378 g/mol. The van der Waals surface area contributed by atoms with E-state index in [1.165, 1.54) is 0 Å². The number of carbonyl (C=O) groups excluding carboxylic acids is 1. The van der Waals surface area contributed by atoms with Gasteiger partial charge in [-0.15, -0.1) is 0 Å². The predicted octanol–water partition coefficient (Wildman–Crippen LogP) is 2.61. The van der Waals surface area contributed by atoms with Crippen molar-refractivity contribution in [3.63, 3.8) is 0 Å². The monoisotopic (exact) mass is 403 g/mol. The summed E-state index contributed by atoms with van der Waals surface area (Å²) in [5.41, 5.74) is -0.217. The molecule has 0 N–H and O–H groups in total. The van der Waals surface area contributed by atoms with Crippen molar-refractivity contribution < 1.29 is 9.53 Å². The molecule has 0 bridgehead atoms. The van der Waals surface area contributed by atoms with Crippen molar-refractivity contribution >= 4 is 23.3 Å². The second-order valence-electron chi connectivity index (χ2n) is 7.52. The van der Waals surface area contributed by atoms with Crippen LogP contribution >= 0.6 is 11.6 Å². The van der Waals surface area contributed by atoms with Crippen LogP contribution in [0.2, 0.25) is 5.02 Å². The highest BCUT2D eigenvalue weighted by Gasteiger charge is 2.41. The van der Waals surface area contributed by atoms with Crippen LogP contribution in [-0.4, -0.2) is 64.0 Å². The molecular formula is C20H26ClN5O2. The van der Waals surface area contributed by atoms with Crippen LogP contribution in [0.5, 0.6) is 0 Å². The second-order valence-corrected chi connectivity index (χ2v) is 7.92. The molecule has 7 nitrogen and oxygen atoms in total. The third kappa shape index (κ3) is 4.31. The number of likely N-dealkylation sites (tertiary alicyclic amines) is 1. The van der Waals surface area contributed by atoms with Crippen LogP contribution in [0.1, 0.15) is 25.7 Å². The molecule has 2 aromatic rings. The Labute approximate surface area is 170 Å². The van der Waals surface area contributed by atoms with Gasteiger partial charge in [-0.25, -0.2) is 4.98 Å². The van der Waals surface area contributed by atoms with Gasteiger partial charge in [-0.3, -0.25) is 9.48 Å². The van der Waals surface area contributed by atoms with Crippen LogP contribution in [-0.2, 0) is 16.1 Å². The zero-order valence-corrected chi connectivity index (χ0v) is 16.7. The van der Waals surface area contributed by atoms with Gasteiger partial charge in [-0.05, 0) is 37.5 Å². The molecule has 0 atom stereocenters. The molecule has 2 aliphatic heterocycles. The number of halogens is 1. The number of pyridine rings is 1. The van der Waals surface area contributed by atoms with Crippen LogP contribution in [0.4, 0.5) is 5.82 Å². The molecule has 1 amide bonds. The van der Waals surface area contributed by atoms with Gasteiger partial charge in [0, 0.05) is 57.7 Å². The summed E-state index contributed by atoms with van der Waals surface area (Å²) in [4.78, 5) is 21.2. The van der Waals surface area contributed by atoms with E-state index in [-0.39, 0.29) is 11.5 Å². The highest BCUT2D eigenvalue weighted by Crippen LogP contribution is 2.33. The third-order valence-corrected chi connectivity index (χ3v) is 5.95. The van der Waals surface area contributed by atoms with Crippen LogP contribution in [0.25, 0.3) is 0 Å². The lowest BCUT2D eigenvalue weighted by Gasteiger charge is -2.47. The van der Waals surface area contributed by atoms with Crippen molar-refractivity contribution in [1.29, 1.82) is 0 Å². The minimum Gasteiger partial charge on any atom is -0.371 e. The first-order chi connectivity index (χ1) is 13.7. The first-order valence-electron chi connectivity index (χ1n) is 9.90. The van der Waals surface area contributed by atoms with Gasteiger partial charge in [0.15, 0.2) is 0 Å². The van der Waals surface area contributed by atoms with Crippen molar-refractivity contribution in [2.24, 2.45) is 0 Å². The summed E-state index contributed by atoms with van der Waals surface area (Å²) in [5.74, 6) is 1.05. The number of aryl methyl sites for hydroxylation is 1. The normalized spacial score (nSPS) is 19.2. The fraction of sp³-hybridized carbons (Fsp3) is 0.550. The standard InChI is InChI=1S/C20H26ClN5O2/c21-17-4-1-8-22-19(17)25-14-15-28-20(16-25)6-12-24(13-7-20)18(27)5-2-10-26-11-3-9-23-26/h1,3-4,8-9,11H,2,5-7,10,12-16H2. The number of piperidine rings is 1. The van der Waals surface area contributed by atoms with E-state index >= 15 is 0 Å². The maximum Gasteiger partial charge on any atom is 0.222 e. The third-order valence-electron chi connectivity index (χ3n) is 5.65. The minimum atomic E-state index is -0.217. The first-order valence-corrected chi connectivity index (χ1v) is 10.3. The highest BCUT2D eigenvalue weighted by atomic mass is 35.5. The molecule has 4 rings (SSSR count). The lowest BCUT2D eigenvalue weighted by Crippen LogP contribution is -2.57. The lowest BCUT2D eigenvalue weighted by molar-refractivity contribution is -0.139. The number of carbonyl (C=O) groups is 1. The second kappa shape index (κ2) is 8.49. The van der Waals surface area contributed by atoms with E-state index in [0.29, 0.717) is 18.1 Å². The number of aromatic nitrogens is 3. The Morgan fingerprint density at radius 2 is 2.07 bits per heavy atom. The SMILES string of the molecule is O=C(CCCn1cccn1)N1CCC2(CC1)CN(c1ncccc1Cl)CCO2. The Morgan fingerprint density at radius 1 is 1.21 bits per heavy atom. The summed E-state index contributed by atoms with van der Waals surface area (Å²) < 4.78 is 8.06. The van der Waals surface area contributed by atoms with E-state index in [4.69, 9.17) is 16.3 Å². The van der Waals surface area contributed by atoms with E-state index in [2.05, 4.69) is 15.0 Å². The Balaban J connectivity index is 1.29. The van der Waals surface area contributed by atoms with E-state index in [1.54, 1.807) is 12.4 Å². The van der Waals surface area contributed by atoms with E-state index in [9.17, 15) is 4.79 Å². The van der Waals surface area contributed by atoms with Gasteiger partial charge in [0.1, 0.15) is 5.82 Å². The van der Waals surface area contributed by atoms with Crippen molar-refractivity contribution in [2.75, 3.05) is 37.7 Å². The van der Waals surface area contributed by atoms with Crippen LogP contribution in [0.3, 0.4) is 0 Å². The largest absolute Gasteiger partial charge is 0.371 e. The molecule has 1 spiro atoms. The number of hydrogen-bond donors (Lipinski definition) is 0. The van der Waals surface area contributed by atoms with E-state index in [1.807, 2.05) is 34.0 Å². The zero-order valence-electron chi connectivity index (χ0n) is 16.0. The number of morpholine rings is 1. The molecule has 4 heterocycles. The topological polar surface area (TPSA) is 63.5 Å². The van der Waals surface area contributed by atoms with Gasteiger partial charge in [-0.2, -0.15) is 5.10 Å². The summed E-state index contributed by atoms with van der Waals surface area (Å²) in [6, 6.07) is 5.62. The van der Waals surface area contributed by atoms with Gasteiger partial charge < -0.3 is 14.5 Å². The first kappa shape index (κ1) is 19.2. The van der Waals surface area contributed by atoms with Crippen molar-refractivity contribution in [2.45, 2.75) is 37.8 Å². The molecule has 8 heteroatoms. The van der Waals surface area contributed by atoms with Gasteiger partial charge in [0.2, 0.25) is 5.91 Å². The number of anilines is 1. The average Bonchev–Trinajstić information content (AvgIpc) is 3.22. The smallest absolute Gasteiger partial charge is 0.222 e. The quantitative estimate of drug-likeness (QED) is 0.767. The molecule has 2 aliphatic rings. The number of hydrogen-bond acceptors (Lipinski definition) is 5. The van der Waals surface area contributed by atoms with Crippen LogP contribution < -0.4 is 4.90 Å². The van der Waals surface area contributed by atoms with Gasteiger partial charge in [0.05, 0.1) is 17.2 Å². The number of amides is 1. The van der Waals surface area contributed by atoms with Crippen molar-refractivity contribution in [1.82, 2.24) is 19.7 Å². The molecule has 0 aliphatic carbocycles. The van der Waals surface area contributed by atoms with Gasteiger partial charge in [-0.1, -0.05) is 11.6 Å². The fourth-order valence-corrected chi connectivity index (χ4v) is 4.33. The molecule has 0 radical (unpaired) electrons. The fourth-order valence-electron chi connectivity index (χ4n) is 4.08. The summed E-state index contributed by atoms with van der Waals surface area (Å²) in [6.45, 7) is 4.47. The van der Waals surface area contributed by atoms with E-state index in [0.717, 1.165) is 57.8 Å². The van der Waals surface area contributed by atoms with Crippen LogP contribution in [0.15, 0.2) is 36.8 Å². The minimum absolute atomic E-state index is 0.217. The van der Waals surface area contributed by atoms with Crippen molar-refractivity contribution in [3.8, 4) is 0 Å². The zero-order chi connectivity index (χ0) is 19.4. The Morgan fingerprint density at radius 3 is 2.82 bits per heavy atom. The van der Waals surface area contributed by atoms with Crippen LogP contribution in [0, 0.1) is 0 Å². The number of nitrogens with zero attached hydrogens (tertiary/aromatic N) is 5. The Kier molecular flexibility index (Phi) is 5.82. The Hall–Kier alpha value is -2.12. The molecule has 2 fully saturated rings. The summed E-state index contributed by atoms with van der Waals surface area (Å²) >= 11 is 6.33. The lowest BCUT2D eigenvalue weighted by atomic mass is 9.89. The summed E-state index contributed by atoms with van der Waals surface area (Å²) in [7, 11) is 0.